The number of nitriles is 1. The minimum atomic E-state index is -0.430. The van der Waals surface area contributed by atoms with Crippen molar-refractivity contribution in [2.45, 2.75) is 19.8 Å². The fourth-order valence-electron chi connectivity index (χ4n) is 10.6. The van der Waals surface area contributed by atoms with Crippen molar-refractivity contribution in [1.82, 2.24) is 18.9 Å². The summed E-state index contributed by atoms with van der Waals surface area (Å²) in [5.74, 6) is 0. The second kappa shape index (κ2) is 19.8. The van der Waals surface area contributed by atoms with Crippen molar-refractivity contribution in [3.8, 4) is 17.3 Å². The van der Waals surface area contributed by atoms with Crippen LogP contribution in [0.5, 0.6) is 0 Å². The molecule has 0 unspecified atom stereocenters. The summed E-state index contributed by atoms with van der Waals surface area (Å²) in [6, 6.07) is 80.8. The smallest absolute Gasteiger partial charge is 0.327 e. The first-order valence-corrected chi connectivity index (χ1v) is 26.1. The maximum absolute atomic E-state index is 12.2. The van der Waals surface area contributed by atoms with Gasteiger partial charge in [-0.05, 0) is 55.2 Å². The number of aryl methyl sites for hydroxylation is 3. The molecule has 0 aliphatic carbocycles. The first-order chi connectivity index (χ1) is 36.1. The molecule has 0 atom stereocenters. The van der Waals surface area contributed by atoms with Gasteiger partial charge in [-0.2, -0.15) is 5.26 Å². The van der Waals surface area contributed by atoms with E-state index in [1.165, 1.54) is 16.9 Å². The van der Waals surface area contributed by atoms with Crippen LogP contribution in [0.2, 0.25) is 0 Å². The highest BCUT2D eigenvalue weighted by Crippen LogP contribution is 2.36. The Bertz CT molecular complexity index is 3950. The summed E-state index contributed by atoms with van der Waals surface area (Å²) in [4.78, 5) is 15.2. The maximum atomic E-state index is 12.2. The van der Waals surface area contributed by atoms with Crippen molar-refractivity contribution in [2.24, 2.45) is 0 Å². The van der Waals surface area contributed by atoms with Gasteiger partial charge in [0.1, 0.15) is 21.7 Å². The van der Waals surface area contributed by atoms with E-state index >= 15 is 0 Å². The van der Waals surface area contributed by atoms with Crippen molar-refractivity contribution >= 4 is 101 Å². The third-order valence-corrected chi connectivity index (χ3v) is 15.9. The number of hydrogen-bond donors (Lipinski definition) is 0. The Hall–Kier alpha value is -8.79. The Kier molecular flexibility index (Phi) is 12.3. The lowest BCUT2D eigenvalue weighted by Gasteiger charge is -2.24. The first kappa shape index (κ1) is 45.4. The molecular weight excluding hydrogens is 926 g/mol. The average molecular weight is 971 g/mol. The summed E-state index contributed by atoms with van der Waals surface area (Å²) in [5.41, 5.74) is 12.0. The lowest BCUT2D eigenvalue weighted by molar-refractivity contribution is 0.893. The molecule has 12 aromatic rings. The summed E-state index contributed by atoms with van der Waals surface area (Å²) < 4.78 is 6.89. The van der Waals surface area contributed by atoms with E-state index in [1.807, 2.05) is 36.4 Å². The van der Waals surface area contributed by atoms with Gasteiger partial charge in [-0.1, -0.05) is 222 Å². The third kappa shape index (κ3) is 8.27. The number of hydrogen-bond acceptors (Lipinski definition) is 5. The summed E-state index contributed by atoms with van der Waals surface area (Å²) in [6.07, 6.45) is 1.27. The van der Waals surface area contributed by atoms with E-state index in [-0.39, 0.29) is 0 Å². The van der Waals surface area contributed by atoms with Crippen LogP contribution in [0.4, 0.5) is 0 Å². The molecule has 4 heterocycles. The third-order valence-electron chi connectivity index (χ3n) is 13.8. The molecule has 0 N–H and O–H groups in total. The summed E-state index contributed by atoms with van der Waals surface area (Å²) in [6.45, 7) is 10.8. The predicted molar refractivity (Wildman–Crippen MR) is 306 cm³/mol. The highest BCUT2D eigenvalue weighted by Gasteiger charge is 2.37. The Morgan fingerprint density at radius 2 is 0.973 bits per heavy atom. The summed E-state index contributed by atoms with van der Waals surface area (Å²) >= 11 is 3.08. The van der Waals surface area contributed by atoms with E-state index in [2.05, 4.69) is 215 Å². The van der Waals surface area contributed by atoms with E-state index in [4.69, 9.17) is 9.97 Å². The van der Waals surface area contributed by atoms with Crippen LogP contribution in [0, 0.1) is 24.8 Å². The molecule has 0 aliphatic rings. The molecular formula is C63H44B2N6S2. The Morgan fingerprint density at radius 3 is 1.48 bits per heavy atom. The Balaban J connectivity index is 1.42. The molecule has 0 bridgehead atoms. The molecule has 73 heavy (non-hydrogen) atoms. The van der Waals surface area contributed by atoms with E-state index in [1.54, 1.807) is 11.3 Å². The van der Waals surface area contributed by atoms with Crippen molar-refractivity contribution in [2.75, 3.05) is 0 Å². The van der Waals surface area contributed by atoms with Crippen LogP contribution in [-0.4, -0.2) is 32.6 Å². The van der Waals surface area contributed by atoms with Crippen molar-refractivity contribution in [1.29, 1.82) is 5.26 Å². The van der Waals surface area contributed by atoms with Crippen LogP contribution < -0.4 is 32.5 Å². The molecule has 8 aromatic carbocycles. The molecule has 4 aromatic heterocycles. The standard InChI is InChI=1S/C63H44B2N6S2/c1-43-24-18-19-35-49(43)59-57-56(61(58(67-2)63-69-52-37-21-23-39-55(52)73-63)71(59)65(47-31-14-6-15-32-47)48-33-16-7-17-34-48)53(41-40-44-25-8-3-9-26-44)70(64(45-27-10-4-11-28-45)46-29-12-5-13-30-46)60(57)50(42-66)62-68-51-36-20-22-38-54(51)72-62/h3-39H,40-41H2,1H3/b60-50-,61-58+. The number of nitrogens with zero attached hydrogens (tertiary/aromatic N) is 6. The molecule has 0 aliphatic heterocycles. The molecule has 344 valence electrons. The molecule has 0 spiro atoms. The topological polar surface area (TPSA) is 63.8 Å². The van der Waals surface area contributed by atoms with Crippen LogP contribution >= 0.6 is 22.7 Å². The highest BCUT2D eigenvalue weighted by molar-refractivity contribution is 7.20. The normalized spacial score (nSPS) is 12.2. The monoisotopic (exact) mass is 970 g/mol. The molecule has 0 saturated carbocycles. The minimum absolute atomic E-state index is 0.405. The number of fused-ring (bicyclic) bond motifs is 3. The maximum Gasteiger partial charge on any atom is 0.327 e. The number of aromatic nitrogens is 4. The highest BCUT2D eigenvalue weighted by atomic mass is 32.1. The first-order valence-electron chi connectivity index (χ1n) is 24.4. The fraction of sp³-hybridized carbons (Fsp3) is 0.0476. The lowest BCUT2D eigenvalue weighted by atomic mass is 9.50. The molecule has 0 fully saturated rings. The summed E-state index contributed by atoms with van der Waals surface area (Å²) in [7, 11) is 0. The van der Waals surface area contributed by atoms with Gasteiger partial charge in [-0.25, -0.2) is 14.8 Å². The zero-order valence-corrected chi connectivity index (χ0v) is 41.6. The van der Waals surface area contributed by atoms with Crippen molar-refractivity contribution in [3.63, 3.8) is 0 Å². The predicted octanol–water partition coefficient (Wildman–Crippen LogP) is 10.5. The number of rotatable bonds is 12. The van der Waals surface area contributed by atoms with E-state index in [0.29, 0.717) is 34.1 Å². The van der Waals surface area contributed by atoms with Gasteiger partial charge in [-0.15, -0.1) is 22.7 Å². The van der Waals surface area contributed by atoms with Gasteiger partial charge in [0.05, 0.1) is 32.4 Å². The van der Waals surface area contributed by atoms with Gasteiger partial charge in [0.25, 0.3) is 0 Å². The van der Waals surface area contributed by atoms with Gasteiger partial charge < -0.3 is 8.96 Å². The molecule has 0 saturated heterocycles. The van der Waals surface area contributed by atoms with Crippen LogP contribution in [0.3, 0.4) is 0 Å². The van der Waals surface area contributed by atoms with Gasteiger partial charge in [0, 0.05) is 33.1 Å². The van der Waals surface area contributed by atoms with Crippen LogP contribution in [-0.2, 0) is 12.8 Å². The molecule has 6 nitrogen and oxygen atoms in total. The van der Waals surface area contributed by atoms with Crippen molar-refractivity contribution < 1.29 is 0 Å². The van der Waals surface area contributed by atoms with Gasteiger partial charge >= 0.3 is 13.7 Å². The second-order valence-corrected chi connectivity index (χ2v) is 20.2. The van der Waals surface area contributed by atoms with E-state index in [0.717, 1.165) is 86.3 Å². The largest absolute Gasteiger partial charge is 0.384 e. The van der Waals surface area contributed by atoms with Gasteiger partial charge in [0.15, 0.2) is 0 Å². The fourth-order valence-corrected chi connectivity index (χ4v) is 12.6. The minimum Gasteiger partial charge on any atom is -0.384 e. The second-order valence-electron chi connectivity index (χ2n) is 18.2. The quantitative estimate of drug-likeness (QED) is 0.0905. The SMILES string of the molecule is [C-]#[N+]/C(c1nc2ccccc2s1)=c1\c2c(CCc3ccccc3)n(B(c3ccccc3)c3ccccc3)/c(=C(/C#N)c3nc4ccccc4s3)c2c(-c2ccccc2C)n1B(c1ccccc1)c1ccccc1. The van der Waals surface area contributed by atoms with Gasteiger partial charge in [0.2, 0.25) is 5.70 Å². The van der Waals surface area contributed by atoms with E-state index in [9.17, 15) is 11.8 Å². The molecule has 0 amide bonds. The average Bonchev–Trinajstić information content (AvgIpc) is 4.23. The number of benzene rings is 8. The van der Waals surface area contributed by atoms with Crippen molar-refractivity contribution in [3.05, 3.63) is 273 Å². The lowest BCUT2D eigenvalue weighted by Crippen LogP contribution is -2.54. The number of thiazole rings is 2. The van der Waals surface area contributed by atoms with E-state index < -0.39 is 13.7 Å². The van der Waals surface area contributed by atoms with Crippen LogP contribution in [0.1, 0.15) is 26.8 Å². The molecule has 0 radical (unpaired) electrons. The Labute approximate surface area is 432 Å². The molecule has 10 heteroatoms. The van der Waals surface area contributed by atoms with Crippen LogP contribution in [0.25, 0.3) is 58.6 Å². The molecule has 12 rings (SSSR count). The van der Waals surface area contributed by atoms with Crippen LogP contribution in [0.15, 0.2) is 224 Å². The summed E-state index contributed by atoms with van der Waals surface area (Å²) in [5, 5.41) is 16.7. The van der Waals surface area contributed by atoms with Gasteiger partial charge in [-0.3, -0.25) is 0 Å². The zero-order valence-electron chi connectivity index (χ0n) is 39.9. The number of para-hydroxylation sites is 2. The zero-order chi connectivity index (χ0) is 49.3. The Morgan fingerprint density at radius 1 is 0.521 bits per heavy atom.